The van der Waals surface area contributed by atoms with E-state index in [-0.39, 0.29) is 17.3 Å². The fraction of sp³-hybridized carbons (Fsp3) is 0.500. The SMILES string of the molecule is CC(C)C1(N)CC1c1ccccc1F. The Kier molecular flexibility index (Phi) is 2.11. The van der Waals surface area contributed by atoms with Crippen molar-refractivity contribution in [3.63, 3.8) is 0 Å². The molecule has 2 rings (SSSR count). The smallest absolute Gasteiger partial charge is 0.126 e. The topological polar surface area (TPSA) is 26.0 Å². The Balaban J connectivity index is 2.25. The summed E-state index contributed by atoms with van der Waals surface area (Å²) in [6, 6.07) is 6.94. The van der Waals surface area contributed by atoms with E-state index in [9.17, 15) is 4.39 Å². The van der Waals surface area contributed by atoms with Crippen molar-refractivity contribution in [2.24, 2.45) is 11.7 Å². The standard InChI is InChI=1S/C12H16FN/c1-8(2)12(14)7-10(12)9-5-3-4-6-11(9)13/h3-6,8,10H,7,14H2,1-2H3. The first-order valence-electron chi connectivity index (χ1n) is 5.09. The van der Waals surface area contributed by atoms with E-state index in [2.05, 4.69) is 13.8 Å². The third-order valence-corrected chi connectivity index (χ3v) is 3.40. The summed E-state index contributed by atoms with van der Waals surface area (Å²) in [7, 11) is 0. The largest absolute Gasteiger partial charge is 0.324 e. The molecule has 1 aliphatic rings. The quantitative estimate of drug-likeness (QED) is 0.767. The average Bonchev–Trinajstić information content (AvgIpc) is 2.80. The molecule has 2 heteroatoms. The molecule has 0 aliphatic heterocycles. The molecule has 0 radical (unpaired) electrons. The Morgan fingerprint density at radius 3 is 2.57 bits per heavy atom. The fourth-order valence-corrected chi connectivity index (χ4v) is 2.09. The van der Waals surface area contributed by atoms with Gasteiger partial charge in [0.25, 0.3) is 0 Å². The maximum Gasteiger partial charge on any atom is 0.126 e. The Bertz CT molecular complexity index is 348. The minimum atomic E-state index is -0.178. The van der Waals surface area contributed by atoms with Crippen LogP contribution >= 0.6 is 0 Å². The van der Waals surface area contributed by atoms with Gasteiger partial charge >= 0.3 is 0 Å². The molecule has 0 aromatic heterocycles. The van der Waals surface area contributed by atoms with Crippen LogP contribution < -0.4 is 5.73 Å². The molecule has 1 nitrogen and oxygen atoms in total. The first-order valence-corrected chi connectivity index (χ1v) is 5.09. The molecule has 14 heavy (non-hydrogen) atoms. The highest BCUT2D eigenvalue weighted by Crippen LogP contribution is 2.54. The van der Waals surface area contributed by atoms with Crippen molar-refractivity contribution in [2.75, 3.05) is 0 Å². The van der Waals surface area contributed by atoms with Crippen molar-refractivity contribution in [2.45, 2.75) is 31.7 Å². The summed E-state index contributed by atoms with van der Waals surface area (Å²) in [6.45, 7) is 4.20. The lowest BCUT2D eigenvalue weighted by atomic mass is 9.97. The highest BCUT2D eigenvalue weighted by atomic mass is 19.1. The molecule has 0 bridgehead atoms. The van der Waals surface area contributed by atoms with Gasteiger partial charge in [-0.15, -0.1) is 0 Å². The van der Waals surface area contributed by atoms with Gasteiger partial charge in [-0.1, -0.05) is 32.0 Å². The highest BCUT2D eigenvalue weighted by molar-refractivity contribution is 5.34. The summed E-state index contributed by atoms with van der Waals surface area (Å²) in [5.41, 5.74) is 6.77. The zero-order valence-electron chi connectivity index (χ0n) is 8.63. The van der Waals surface area contributed by atoms with Crippen LogP contribution in [0.4, 0.5) is 4.39 Å². The predicted octanol–water partition coefficient (Wildman–Crippen LogP) is 2.67. The van der Waals surface area contributed by atoms with Gasteiger partial charge in [-0.2, -0.15) is 0 Å². The van der Waals surface area contributed by atoms with Gasteiger partial charge in [-0.25, -0.2) is 4.39 Å². The molecule has 2 N–H and O–H groups in total. The van der Waals surface area contributed by atoms with Crippen LogP contribution in [0.1, 0.15) is 31.7 Å². The Hall–Kier alpha value is -0.890. The van der Waals surface area contributed by atoms with Crippen LogP contribution in [-0.4, -0.2) is 5.54 Å². The summed E-state index contributed by atoms with van der Waals surface area (Å²) in [5.74, 6) is 0.501. The van der Waals surface area contributed by atoms with Gasteiger partial charge in [-0.05, 0) is 24.0 Å². The summed E-state index contributed by atoms with van der Waals surface area (Å²) < 4.78 is 13.4. The number of rotatable bonds is 2. The molecule has 1 saturated carbocycles. The number of nitrogens with two attached hydrogens (primary N) is 1. The van der Waals surface area contributed by atoms with Crippen LogP contribution in [0.25, 0.3) is 0 Å². The maximum absolute atomic E-state index is 13.4. The van der Waals surface area contributed by atoms with Crippen LogP contribution in [0.2, 0.25) is 0 Å². The zero-order valence-corrected chi connectivity index (χ0v) is 8.63. The molecule has 2 atom stereocenters. The second-order valence-electron chi connectivity index (χ2n) is 4.55. The molecule has 1 aromatic carbocycles. The Morgan fingerprint density at radius 2 is 2.07 bits per heavy atom. The van der Waals surface area contributed by atoms with E-state index in [1.807, 2.05) is 12.1 Å². The van der Waals surface area contributed by atoms with Gasteiger partial charge in [0.15, 0.2) is 0 Å². The minimum Gasteiger partial charge on any atom is -0.324 e. The molecule has 76 valence electrons. The van der Waals surface area contributed by atoms with Crippen molar-refractivity contribution in [1.29, 1.82) is 0 Å². The van der Waals surface area contributed by atoms with E-state index in [0.717, 1.165) is 12.0 Å². The van der Waals surface area contributed by atoms with E-state index in [4.69, 9.17) is 5.73 Å². The third kappa shape index (κ3) is 1.34. The average molecular weight is 193 g/mol. The van der Waals surface area contributed by atoms with Gasteiger partial charge in [0.1, 0.15) is 5.82 Å². The first kappa shape index (κ1) is 9.66. The van der Waals surface area contributed by atoms with Crippen molar-refractivity contribution in [1.82, 2.24) is 0 Å². The molecule has 1 aliphatic carbocycles. The second-order valence-corrected chi connectivity index (χ2v) is 4.55. The van der Waals surface area contributed by atoms with Gasteiger partial charge in [0, 0.05) is 11.5 Å². The highest BCUT2D eigenvalue weighted by Gasteiger charge is 2.54. The van der Waals surface area contributed by atoms with E-state index >= 15 is 0 Å². The van der Waals surface area contributed by atoms with E-state index in [1.54, 1.807) is 6.07 Å². The molecule has 1 aromatic rings. The molecular weight excluding hydrogens is 177 g/mol. The molecule has 0 spiro atoms. The Labute approximate surface area is 84.1 Å². The summed E-state index contributed by atoms with van der Waals surface area (Å²) >= 11 is 0. The summed E-state index contributed by atoms with van der Waals surface area (Å²) in [6.07, 6.45) is 0.908. The summed E-state index contributed by atoms with van der Waals surface area (Å²) in [5, 5.41) is 0. The van der Waals surface area contributed by atoms with E-state index in [0.29, 0.717) is 5.92 Å². The third-order valence-electron chi connectivity index (χ3n) is 3.40. The lowest BCUT2D eigenvalue weighted by Crippen LogP contribution is -2.30. The molecule has 0 amide bonds. The number of benzene rings is 1. The molecular formula is C12H16FN. The number of halogens is 1. The van der Waals surface area contributed by atoms with Gasteiger partial charge in [0.2, 0.25) is 0 Å². The normalized spacial score (nSPS) is 30.8. The Morgan fingerprint density at radius 1 is 1.43 bits per heavy atom. The first-order chi connectivity index (χ1) is 6.55. The van der Waals surface area contributed by atoms with E-state index < -0.39 is 0 Å². The van der Waals surface area contributed by atoms with Crippen LogP contribution in [0, 0.1) is 11.7 Å². The van der Waals surface area contributed by atoms with Crippen LogP contribution in [0.3, 0.4) is 0 Å². The zero-order chi connectivity index (χ0) is 10.3. The van der Waals surface area contributed by atoms with Crippen molar-refractivity contribution < 1.29 is 4.39 Å². The van der Waals surface area contributed by atoms with Crippen molar-refractivity contribution in [3.05, 3.63) is 35.6 Å². The van der Waals surface area contributed by atoms with Crippen LogP contribution in [0.5, 0.6) is 0 Å². The van der Waals surface area contributed by atoms with Crippen LogP contribution in [-0.2, 0) is 0 Å². The van der Waals surface area contributed by atoms with Gasteiger partial charge in [0.05, 0.1) is 0 Å². The van der Waals surface area contributed by atoms with Crippen molar-refractivity contribution in [3.8, 4) is 0 Å². The van der Waals surface area contributed by atoms with Crippen LogP contribution in [0.15, 0.2) is 24.3 Å². The monoisotopic (exact) mass is 193 g/mol. The lowest BCUT2D eigenvalue weighted by molar-refractivity contribution is 0.460. The predicted molar refractivity (Wildman–Crippen MR) is 55.5 cm³/mol. The molecule has 0 saturated heterocycles. The molecule has 1 fully saturated rings. The minimum absolute atomic E-state index is 0.120. The van der Waals surface area contributed by atoms with Gasteiger partial charge < -0.3 is 5.73 Å². The number of hydrogen-bond acceptors (Lipinski definition) is 1. The molecule has 0 heterocycles. The summed E-state index contributed by atoms with van der Waals surface area (Å²) in [4.78, 5) is 0. The fourth-order valence-electron chi connectivity index (χ4n) is 2.09. The van der Waals surface area contributed by atoms with E-state index in [1.165, 1.54) is 6.07 Å². The maximum atomic E-state index is 13.4. The molecule has 2 unspecified atom stereocenters. The number of hydrogen-bond donors (Lipinski definition) is 1. The lowest BCUT2D eigenvalue weighted by Gasteiger charge is -2.16. The van der Waals surface area contributed by atoms with Gasteiger partial charge in [-0.3, -0.25) is 0 Å². The van der Waals surface area contributed by atoms with Crippen molar-refractivity contribution >= 4 is 0 Å². The second kappa shape index (κ2) is 3.06.